The summed E-state index contributed by atoms with van der Waals surface area (Å²) in [7, 11) is 1.66. The molecule has 3 rings (SSSR count). The summed E-state index contributed by atoms with van der Waals surface area (Å²) in [6.07, 6.45) is 3.93. The van der Waals surface area contributed by atoms with E-state index >= 15 is 0 Å². The van der Waals surface area contributed by atoms with Gasteiger partial charge in [-0.15, -0.1) is 0 Å². The van der Waals surface area contributed by atoms with Gasteiger partial charge in [-0.05, 0) is 50.3 Å². The molecule has 3 atom stereocenters. The van der Waals surface area contributed by atoms with E-state index in [-0.39, 0.29) is 5.97 Å². The lowest BCUT2D eigenvalue weighted by Crippen LogP contribution is -2.51. The summed E-state index contributed by atoms with van der Waals surface area (Å²) < 4.78 is 10.8. The van der Waals surface area contributed by atoms with Crippen molar-refractivity contribution in [2.45, 2.75) is 50.1 Å². The number of carbonyl (C=O) groups is 1. The Kier molecular flexibility index (Phi) is 3.89. The zero-order valence-corrected chi connectivity index (χ0v) is 12.7. The van der Waals surface area contributed by atoms with Crippen LogP contribution in [0.3, 0.4) is 0 Å². The Morgan fingerprint density at radius 3 is 2.67 bits per heavy atom. The van der Waals surface area contributed by atoms with Crippen molar-refractivity contribution >= 4 is 5.97 Å². The Labute approximate surface area is 125 Å². The van der Waals surface area contributed by atoms with Gasteiger partial charge in [0.2, 0.25) is 0 Å². The van der Waals surface area contributed by atoms with Crippen LogP contribution in [-0.2, 0) is 14.9 Å². The summed E-state index contributed by atoms with van der Waals surface area (Å²) in [4.78, 5) is 12.7. The minimum atomic E-state index is -0.526. The van der Waals surface area contributed by atoms with Gasteiger partial charge in [0.15, 0.2) is 0 Å². The van der Waals surface area contributed by atoms with Crippen LogP contribution in [-0.4, -0.2) is 31.8 Å². The van der Waals surface area contributed by atoms with Gasteiger partial charge in [-0.3, -0.25) is 4.79 Å². The van der Waals surface area contributed by atoms with E-state index in [0.29, 0.717) is 18.7 Å². The van der Waals surface area contributed by atoms with Crippen LogP contribution in [0.25, 0.3) is 0 Å². The number of esters is 1. The average Bonchev–Trinajstić information content (AvgIpc) is 2.86. The molecular formula is C17H23NO3. The van der Waals surface area contributed by atoms with E-state index in [4.69, 9.17) is 9.47 Å². The lowest BCUT2D eigenvalue weighted by Gasteiger charge is -2.39. The van der Waals surface area contributed by atoms with Crippen molar-refractivity contribution in [2.24, 2.45) is 0 Å². The van der Waals surface area contributed by atoms with E-state index in [1.165, 1.54) is 0 Å². The third kappa shape index (κ3) is 2.53. The first kappa shape index (κ1) is 14.4. The van der Waals surface area contributed by atoms with Crippen LogP contribution < -0.4 is 10.1 Å². The molecule has 0 aromatic heterocycles. The minimum Gasteiger partial charge on any atom is -0.497 e. The summed E-state index contributed by atoms with van der Waals surface area (Å²) >= 11 is 0. The molecule has 2 heterocycles. The molecule has 2 aliphatic heterocycles. The maximum Gasteiger partial charge on any atom is 0.316 e. The molecule has 4 heteroatoms. The Balaban J connectivity index is 2.01. The van der Waals surface area contributed by atoms with Crippen LogP contribution in [0.5, 0.6) is 5.75 Å². The number of piperidine rings is 1. The molecule has 0 amide bonds. The minimum absolute atomic E-state index is 0.0864. The Morgan fingerprint density at radius 2 is 2.05 bits per heavy atom. The van der Waals surface area contributed by atoms with Gasteiger partial charge in [0.05, 0.1) is 19.1 Å². The predicted molar refractivity (Wildman–Crippen MR) is 80.5 cm³/mol. The molecule has 2 fully saturated rings. The van der Waals surface area contributed by atoms with E-state index in [2.05, 4.69) is 5.32 Å². The quantitative estimate of drug-likeness (QED) is 0.865. The highest BCUT2D eigenvalue weighted by Crippen LogP contribution is 2.44. The third-order valence-electron chi connectivity index (χ3n) is 4.81. The molecule has 0 radical (unpaired) electrons. The molecule has 2 aliphatic rings. The van der Waals surface area contributed by atoms with Crippen molar-refractivity contribution in [1.82, 2.24) is 5.32 Å². The summed E-state index contributed by atoms with van der Waals surface area (Å²) in [5.74, 6) is 0.707. The van der Waals surface area contributed by atoms with Gasteiger partial charge in [-0.1, -0.05) is 12.1 Å². The van der Waals surface area contributed by atoms with Gasteiger partial charge < -0.3 is 14.8 Å². The van der Waals surface area contributed by atoms with E-state index < -0.39 is 5.41 Å². The topological polar surface area (TPSA) is 47.6 Å². The van der Waals surface area contributed by atoms with Gasteiger partial charge in [0, 0.05) is 12.1 Å². The second-order valence-corrected chi connectivity index (χ2v) is 6.08. The summed E-state index contributed by atoms with van der Waals surface area (Å²) in [5, 5.41) is 3.60. The van der Waals surface area contributed by atoms with E-state index in [9.17, 15) is 4.79 Å². The molecule has 2 saturated heterocycles. The fourth-order valence-corrected chi connectivity index (χ4v) is 3.86. The molecule has 1 unspecified atom stereocenters. The number of rotatable bonds is 4. The SMILES string of the molecule is CCOC(=O)C1(c2cccc(OC)c2)C[C@H]2CC[C@@H](C1)N2. The van der Waals surface area contributed by atoms with Crippen LogP contribution in [0, 0.1) is 0 Å². The molecule has 0 spiro atoms. The number of hydrogen-bond donors (Lipinski definition) is 1. The Bertz CT molecular complexity index is 517. The zero-order chi connectivity index (χ0) is 14.9. The maximum absolute atomic E-state index is 12.7. The largest absolute Gasteiger partial charge is 0.497 e. The average molecular weight is 289 g/mol. The van der Waals surface area contributed by atoms with Crippen molar-refractivity contribution in [1.29, 1.82) is 0 Å². The van der Waals surface area contributed by atoms with Crippen molar-refractivity contribution < 1.29 is 14.3 Å². The number of ether oxygens (including phenoxy) is 2. The normalized spacial score (nSPS) is 31.0. The maximum atomic E-state index is 12.7. The van der Waals surface area contributed by atoms with Gasteiger partial charge in [-0.25, -0.2) is 0 Å². The van der Waals surface area contributed by atoms with E-state index in [0.717, 1.165) is 37.0 Å². The molecule has 114 valence electrons. The first-order valence-electron chi connectivity index (χ1n) is 7.76. The number of fused-ring (bicyclic) bond motifs is 2. The first-order valence-corrected chi connectivity index (χ1v) is 7.76. The summed E-state index contributed by atoms with van der Waals surface area (Å²) in [6, 6.07) is 8.72. The van der Waals surface area contributed by atoms with E-state index in [1.54, 1.807) is 7.11 Å². The van der Waals surface area contributed by atoms with E-state index in [1.807, 2.05) is 31.2 Å². The molecule has 1 N–H and O–H groups in total. The second-order valence-electron chi connectivity index (χ2n) is 6.08. The van der Waals surface area contributed by atoms with Crippen LogP contribution in [0.2, 0.25) is 0 Å². The van der Waals surface area contributed by atoms with Gasteiger partial charge >= 0.3 is 5.97 Å². The summed E-state index contributed by atoms with van der Waals surface area (Å²) in [6.45, 7) is 2.29. The predicted octanol–water partition coefficient (Wildman–Crippen LogP) is 2.41. The Hall–Kier alpha value is -1.55. The van der Waals surface area contributed by atoms with Gasteiger partial charge in [0.25, 0.3) is 0 Å². The molecule has 1 aromatic carbocycles. The molecule has 2 bridgehead atoms. The third-order valence-corrected chi connectivity index (χ3v) is 4.81. The van der Waals surface area contributed by atoms with Crippen LogP contribution >= 0.6 is 0 Å². The van der Waals surface area contributed by atoms with Crippen LogP contribution in [0.15, 0.2) is 24.3 Å². The number of carbonyl (C=O) groups excluding carboxylic acids is 1. The summed E-state index contributed by atoms with van der Waals surface area (Å²) in [5.41, 5.74) is 0.500. The lowest BCUT2D eigenvalue weighted by atomic mass is 9.70. The van der Waals surface area contributed by atoms with Crippen molar-refractivity contribution in [3.8, 4) is 5.75 Å². The highest BCUT2D eigenvalue weighted by molar-refractivity contribution is 5.84. The highest BCUT2D eigenvalue weighted by atomic mass is 16.5. The molecule has 0 aliphatic carbocycles. The highest BCUT2D eigenvalue weighted by Gasteiger charge is 2.50. The number of methoxy groups -OCH3 is 1. The monoisotopic (exact) mass is 289 g/mol. The number of hydrogen-bond acceptors (Lipinski definition) is 4. The number of nitrogens with one attached hydrogen (secondary N) is 1. The van der Waals surface area contributed by atoms with Gasteiger partial charge in [-0.2, -0.15) is 0 Å². The molecule has 1 aromatic rings. The van der Waals surface area contributed by atoms with Crippen molar-refractivity contribution in [2.75, 3.05) is 13.7 Å². The zero-order valence-electron chi connectivity index (χ0n) is 12.7. The smallest absolute Gasteiger partial charge is 0.316 e. The molecule has 0 saturated carbocycles. The Morgan fingerprint density at radius 1 is 1.33 bits per heavy atom. The fraction of sp³-hybridized carbons (Fsp3) is 0.588. The van der Waals surface area contributed by atoms with Gasteiger partial charge in [0.1, 0.15) is 5.75 Å². The number of benzene rings is 1. The lowest BCUT2D eigenvalue weighted by molar-refractivity contribution is -0.152. The molecule has 4 nitrogen and oxygen atoms in total. The van der Waals surface area contributed by atoms with Crippen LogP contribution in [0.4, 0.5) is 0 Å². The molecule has 21 heavy (non-hydrogen) atoms. The second kappa shape index (κ2) is 5.68. The van der Waals surface area contributed by atoms with Crippen molar-refractivity contribution in [3.63, 3.8) is 0 Å². The van der Waals surface area contributed by atoms with Crippen LogP contribution in [0.1, 0.15) is 38.2 Å². The fourth-order valence-electron chi connectivity index (χ4n) is 3.86. The first-order chi connectivity index (χ1) is 10.2. The standard InChI is InChI=1S/C17H23NO3/c1-3-21-16(19)17(10-13-7-8-14(11-17)18-13)12-5-4-6-15(9-12)20-2/h4-6,9,13-14,18H,3,7-8,10-11H2,1-2H3/t13-,14+,17?. The molecular weight excluding hydrogens is 266 g/mol. The van der Waals surface area contributed by atoms with Crippen molar-refractivity contribution in [3.05, 3.63) is 29.8 Å².